The van der Waals surface area contributed by atoms with Crippen molar-refractivity contribution in [3.8, 4) is 0 Å². The van der Waals surface area contributed by atoms with E-state index < -0.39 is 0 Å². The molecule has 2 heteroatoms. The maximum Gasteiger partial charge on any atom is 0.227 e. The Bertz CT molecular complexity index is 466. The molecule has 20 heavy (non-hydrogen) atoms. The summed E-state index contributed by atoms with van der Waals surface area (Å²) in [6.45, 7) is 6.36. The van der Waals surface area contributed by atoms with Crippen LogP contribution < -0.4 is 5.32 Å². The fraction of sp³-hybridized carbons (Fsp3) is 0.611. The molecule has 0 bridgehead atoms. The fourth-order valence-corrected chi connectivity index (χ4v) is 2.90. The Kier molecular flexibility index (Phi) is 5.22. The molecule has 1 fully saturated rings. The van der Waals surface area contributed by atoms with Gasteiger partial charge in [-0.1, -0.05) is 50.3 Å². The van der Waals surface area contributed by atoms with E-state index >= 15 is 0 Å². The van der Waals surface area contributed by atoms with Crippen molar-refractivity contribution in [2.75, 3.05) is 5.32 Å². The number of carbonyl (C=O) groups excluding carboxylic acids is 1. The number of amides is 1. The molecule has 0 unspecified atom stereocenters. The standard InChI is InChI=1S/C18H27NO/c1-4-5-6-7-8-15-12-16(15)18(20)19-17-10-9-13(2)11-14(17)3/h9-11,15-16H,4-8,12H2,1-3H3,(H,19,20)/t15-,16+/m0/s1. The average molecular weight is 273 g/mol. The molecular weight excluding hydrogens is 246 g/mol. The van der Waals surface area contributed by atoms with Crippen molar-refractivity contribution >= 4 is 11.6 Å². The number of benzene rings is 1. The Morgan fingerprint density at radius 1 is 1.25 bits per heavy atom. The third-order valence-electron chi connectivity index (χ3n) is 4.33. The summed E-state index contributed by atoms with van der Waals surface area (Å²) in [5, 5.41) is 3.09. The molecule has 2 rings (SSSR count). The zero-order chi connectivity index (χ0) is 14.5. The highest BCUT2D eigenvalue weighted by Crippen LogP contribution is 2.43. The Hall–Kier alpha value is -1.31. The predicted molar refractivity (Wildman–Crippen MR) is 84.9 cm³/mol. The number of anilines is 1. The molecule has 1 aromatic rings. The molecule has 0 spiro atoms. The highest BCUT2D eigenvalue weighted by molar-refractivity contribution is 5.95. The summed E-state index contributed by atoms with van der Waals surface area (Å²) in [6.07, 6.45) is 7.52. The second-order valence-electron chi connectivity index (χ2n) is 6.26. The molecule has 1 N–H and O–H groups in total. The van der Waals surface area contributed by atoms with Crippen molar-refractivity contribution < 1.29 is 4.79 Å². The molecule has 0 saturated heterocycles. The molecule has 1 aliphatic rings. The van der Waals surface area contributed by atoms with E-state index in [1.54, 1.807) is 0 Å². The smallest absolute Gasteiger partial charge is 0.227 e. The van der Waals surface area contributed by atoms with E-state index in [9.17, 15) is 4.79 Å². The van der Waals surface area contributed by atoms with Gasteiger partial charge in [0, 0.05) is 11.6 Å². The van der Waals surface area contributed by atoms with Crippen LogP contribution in [0.1, 0.15) is 56.6 Å². The summed E-state index contributed by atoms with van der Waals surface area (Å²) >= 11 is 0. The van der Waals surface area contributed by atoms with Crippen LogP contribution in [0.3, 0.4) is 0 Å². The summed E-state index contributed by atoms with van der Waals surface area (Å²) in [7, 11) is 0. The van der Waals surface area contributed by atoms with Gasteiger partial charge in [0.05, 0.1) is 0 Å². The van der Waals surface area contributed by atoms with Gasteiger partial charge < -0.3 is 5.32 Å². The van der Waals surface area contributed by atoms with E-state index in [2.05, 4.69) is 38.2 Å². The maximum absolute atomic E-state index is 12.2. The molecule has 0 aliphatic heterocycles. The lowest BCUT2D eigenvalue weighted by Gasteiger charge is -2.09. The second-order valence-corrected chi connectivity index (χ2v) is 6.26. The number of aryl methyl sites for hydroxylation is 2. The van der Waals surface area contributed by atoms with Gasteiger partial charge in [-0.3, -0.25) is 4.79 Å². The molecular formula is C18H27NO. The molecule has 2 nitrogen and oxygen atoms in total. The van der Waals surface area contributed by atoms with Crippen LogP contribution in [0.5, 0.6) is 0 Å². The lowest BCUT2D eigenvalue weighted by molar-refractivity contribution is -0.117. The lowest BCUT2D eigenvalue weighted by atomic mass is 10.1. The van der Waals surface area contributed by atoms with Crippen LogP contribution in [0.25, 0.3) is 0 Å². The maximum atomic E-state index is 12.2. The Balaban J connectivity index is 1.76. The normalized spacial score (nSPS) is 20.8. The molecule has 1 amide bonds. The number of unbranched alkanes of at least 4 members (excludes halogenated alkanes) is 3. The molecule has 1 saturated carbocycles. The van der Waals surface area contributed by atoms with Crippen LogP contribution in [0.2, 0.25) is 0 Å². The van der Waals surface area contributed by atoms with Crippen LogP contribution in [0.15, 0.2) is 18.2 Å². The van der Waals surface area contributed by atoms with Crippen LogP contribution in [-0.4, -0.2) is 5.91 Å². The fourth-order valence-electron chi connectivity index (χ4n) is 2.90. The van der Waals surface area contributed by atoms with Crippen LogP contribution >= 0.6 is 0 Å². The molecule has 0 aromatic heterocycles. The summed E-state index contributed by atoms with van der Waals surface area (Å²) in [5.41, 5.74) is 3.36. The van der Waals surface area contributed by atoms with Gasteiger partial charge in [0.15, 0.2) is 0 Å². The first-order valence-corrected chi connectivity index (χ1v) is 8.00. The van der Waals surface area contributed by atoms with E-state index in [0.29, 0.717) is 5.92 Å². The number of carbonyl (C=O) groups is 1. The van der Waals surface area contributed by atoms with Gasteiger partial charge in [-0.2, -0.15) is 0 Å². The molecule has 0 radical (unpaired) electrons. The molecule has 0 heterocycles. The van der Waals surface area contributed by atoms with Gasteiger partial charge in [0.25, 0.3) is 0 Å². The van der Waals surface area contributed by atoms with E-state index in [-0.39, 0.29) is 11.8 Å². The second kappa shape index (κ2) is 6.92. The summed E-state index contributed by atoms with van der Waals surface area (Å²) in [5.74, 6) is 1.12. The Labute approximate surface area is 123 Å². The third-order valence-corrected chi connectivity index (χ3v) is 4.33. The van der Waals surface area contributed by atoms with Crippen LogP contribution in [0, 0.1) is 25.7 Å². The number of hydrogen-bond acceptors (Lipinski definition) is 1. The first-order valence-electron chi connectivity index (χ1n) is 8.00. The van der Waals surface area contributed by atoms with Crippen molar-refractivity contribution in [2.45, 2.75) is 59.3 Å². The topological polar surface area (TPSA) is 29.1 Å². The number of rotatable bonds is 7. The highest BCUT2D eigenvalue weighted by Gasteiger charge is 2.42. The zero-order valence-electron chi connectivity index (χ0n) is 13.0. The predicted octanol–water partition coefficient (Wildman–Crippen LogP) is 4.85. The molecule has 1 aromatic carbocycles. The van der Waals surface area contributed by atoms with Crippen LogP contribution in [-0.2, 0) is 4.79 Å². The van der Waals surface area contributed by atoms with Crippen LogP contribution in [0.4, 0.5) is 5.69 Å². The van der Waals surface area contributed by atoms with E-state index in [1.165, 1.54) is 37.7 Å². The van der Waals surface area contributed by atoms with Gasteiger partial charge in [-0.05, 0) is 44.2 Å². The van der Waals surface area contributed by atoms with Crippen molar-refractivity contribution in [1.29, 1.82) is 0 Å². The van der Waals surface area contributed by atoms with E-state index in [1.807, 2.05) is 6.07 Å². The number of nitrogens with one attached hydrogen (secondary N) is 1. The van der Waals surface area contributed by atoms with Gasteiger partial charge in [-0.25, -0.2) is 0 Å². The summed E-state index contributed by atoms with van der Waals surface area (Å²) < 4.78 is 0. The monoisotopic (exact) mass is 273 g/mol. The minimum absolute atomic E-state index is 0.220. The van der Waals surface area contributed by atoms with Crippen molar-refractivity contribution in [3.05, 3.63) is 29.3 Å². The Morgan fingerprint density at radius 3 is 2.75 bits per heavy atom. The van der Waals surface area contributed by atoms with Gasteiger partial charge in [0.2, 0.25) is 5.91 Å². The van der Waals surface area contributed by atoms with Crippen molar-refractivity contribution in [2.24, 2.45) is 11.8 Å². The SMILES string of the molecule is CCCCCC[C@H]1C[C@H]1C(=O)Nc1ccc(C)cc1C. The molecule has 2 atom stereocenters. The Morgan fingerprint density at radius 2 is 2.05 bits per heavy atom. The number of hydrogen-bond donors (Lipinski definition) is 1. The van der Waals surface area contributed by atoms with E-state index in [4.69, 9.17) is 0 Å². The minimum Gasteiger partial charge on any atom is -0.326 e. The zero-order valence-corrected chi connectivity index (χ0v) is 13.0. The van der Waals surface area contributed by atoms with Crippen molar-refractivity contribution in [3.63, 3.8) is 0 Å². The summed E-state index contributed by atoms with van der Waals surface area (Å²) in [4.78, 5) is 12.2. The lowest BCUT2D eigenvalue weighted by Crippen LogP contribution is -2.15. The quantitative estimate of drug-likeness (QED) is 0.707. The minimum atomic E-state index is 0.220. The van der Waals surface area contributed by atoms with Crippen molar-refractivity contribution in [1.82, 2.24) is 0 Å². The first-order chi connectivity index (χ1) is 9.61. The molecule has 110 valence electrons. The largest absolute Gasteiger partial charge is 0.326 e. The molecule has 1 aliphatic carbocycles. The van der Waals surface area contributed by atoms with Gasteiger partial charge in [-0.15, -0.1) is 0 Å². The first kappa shape index (κ1) is 15.1. The van der Waals surface area contributed by atoms with Gasteiger partial charge >= 0.3 is 0 Å². The third kappa shape index (κ3) is 4.09. The average Bonchev–Trinajstić information content (AvgIpc) is 3.18. The summed E-state index contributed by atoms with van der Waals surface area (Å²) in [6, 6.07) is 6.18. The highest BCUT2D eigenvalue weighted by atomic mass is 16.2. The van der Waals surface area contributed by atoms with Gasteiger partial charge in [0.1, 0.15) is 0 Å². The van der Waals surface area contributed by atoms with E-state index in [0.717, 1.165) is 17.7 Å².